The Morgan fingerprint density at radius 2 is 1.03 bits per heavy atom. The summed E-state index contributed by atoms with van der Waals surface area (Å²) in [5.74, 6) is 0. The Morgan fingerprint density at radius 1 is 0.588 bits per heavy atom. The van der Waals surface area contributed by atoms with Gasteiger partial charge < -0.3 is 80.2 Å². The van der Waals surface area contributed by atoms with Gasteiger partial charge in [-0.3, -0.25) is 0 Å². The van der Waals surface area contributed by atoms with Gasteiger partial charge in [0.25, 0.3) is 0 Å². The van der Waals surface area contributed by atoms with Crippen LogP contribution in [0.25, 0.3) is 0 Å². The van der Waals surface area contributed by atoms with Gasteiger partial charge in [-0.2, -0.15) is 0 Å². The van der Waals surface area contributed by atoms with Crippen LogP contribution in [0.3, 0.4) is 0 Å². The van der Waals surface area contributed by atoms with Crippen molar-refractivity contribution in [2.24, 2.45) is 0 Å². The van der Waals surface area contributed by atoms with Crippen molar-refractivity contribution in [3.05, 3.63) is 0 Å². The summed E-state index contributed by atoms with van der Waals surface area (Å²) in [6.07, 6.45) is -24.8. The van der Waals surface area contributed by atoms with Gasteiger partial charge in [-0.1, -0.05) is 0 Å². The molecule has 16 nitrogen and oxygen atoms in total. The zero-order valence-corrected chi connectivity index (χ0v) is 17.9. The molecule has 2 saturated heterocycles. The van der Waals surface area contributed by atoms with Gasteiger partial charge in [-0.25, -0.2) is 0 Å². The van der Waals surface area contributed by atoms with Gasteiger partial charge >= 0.3 is 0 Å². The quantitative estimate of drug-likeness (QED) is 0.124. The fourth-order valence-electron chi connectivity index (χ4n) is 3.63. The fourth-order valence-corrected chi connectivity index (χ4v) is 3.63. The first-order valence-electron chi connectivity index (χ1n) is 10.5. The van der Waals surface area contributed by atoms with Gasteiger partial charge in [0.15, 0.2) is 12.6 Å². The van der Waals surface area contributed by atoms with Crippen molar-refractivity contribution in [3.63, 3.8) is 0 Å². The minimum Gasteiger partial charge on any atom is -0.394 e. The van der Waals surface area contributed by atoms with E-state index in [1.165, 1.54) is 0 Å². The van der Waals surface area contributed by atoms with E-state index >= 15 is 0 Å². The predicted octanol–water partition coefficient (Wildman–Crippen LogP) is -7.94. The highest BCUT2D eigenvalue weighted by atomic mass is 16.7. The molecule has 2 aliphatic heterocycles. The molecule has 0 aromatic heterocycles. The van der Waals surface area contributed by atoms with Crippen LogP contribution in [0.2, 0.25) is 0 Å². The lowest BCUT2D eigenvalue weighted by atomic mass is 9.98. The molecule has 34 heavy (non-hydrogen) atoms. The zero-order valence-electron chi connectivity index (χ0n) is 17.9. The van der Waals surface area contributed by atoms with Crippen LogP contribution in [0.4, 0.5) is 0 Å². The molecule has 2 fully saturated rings. The van der Waals surface area contributed by atoms with Crippen LogP contribution in [0.5, 0.6) is 0 Å². The molecule has 0 spiro atoms. The molecular formula is C18H34O16. The van der Waals surface area contributed by atoms with Gasteiger partial charge in [0.1, 0.15) is 73.2 Å². The number of hydrogen-bond donors (Lipinski definition) is 12. The average molecular weight is 506 g/mol. The summed E-state index contributed by atoms with van der Waals surface area (Å²) in [6, 6.07) is 0. The highest BCUT2D eigenvalue weighted by molar-refractivity contribution is 4.93. The SMILES string of the molecule is OC[C@@H](O)[C@H](O[C@@H]1O[C@H](CO)[C@@H](O)[C@H](O)[C@H]1O)[C@H](O)[C@H](CO)O[C@H]1O[C@H](CO)[C@@H](O)[C@H](O)[C@H]1O. The molecule has 2 aliphatic rings. The van der Waals surface area contributed by atoms with Crippen LogP contribution in [0.15, 0.2) is 0 Å². The summed E-state index contributed by atoms with van der Waals surface area (Å²) >= 11 is 0. The Bertz CT molecular complexity index is 594. The Labute approximate surface area is 193 Å². The van der Waals surface area contributed by atoms with E-state index in [-0.39, 0.29) is 0 Å². The van der Waals surface area contributed by atoms with Gasteiger partial charge in [0.2, 0.25) is 0 Å². The van der Waals surface area contributed by atoms with Crippen LogP contribution in [-0.4, -0.2) is 174 Å². The standard InChI is InChI=1S/C18H34O16/c19-1-5(23)16(34-18-15(30)13(28)10(25)7(3-21)32-18)11(26)8(4-22)33-17-14(29)12(27)9(24)6(2-20)31-17/h5-30H,1-4H2/t5-,6-,7-,8+,9-,10-,11-,12+,13+,14-,15-,16+,17-,18+/m1/s1. The van der Waals surface area contributed by atoms with Gasteiger partial charge in [-0.15, -0.1) is 0 Å². The predicted molar refractivity (Wildman–Crippen MR) is 103 cm³/mol. The molecule has 0 saturated carbocycles. The highest BCUT2D eigenvalue weighted by Crippen LogP contribution is 2.27. The van der Waals surface area contributed by atoms with Gasteiger partial charge in [-0.05, 0) is 0 Å². The second-order valence-corrected chi connectivity index (χ2v) is 8.09. The Balaban J connectivity index is 2.18. The molecular weight excluding hydrogens is 472 g/mol. The minimum absolute atomic E-state index is 0.775. The van der Waals surface area contributed by atoms with E-state index in [0.29, 0.717) is 0 Å². The fraction of sp³-hybridized carbons (Fsp3) is 1.00. The molecule has 2 heterocycles. The first-order chi connectivity index (χ1) is 16.0. The van der Waals surface area contributed by atoms with Crippen LogP contribution in [-0.2, 0) is 18.9 Å². The maximum atomic E-state index is 10.7. The van der Waals surface area contributed by atoms with Crippen molar-refractivity contribution in [1.82, 2.24) is 0 Å². The topological polar surface area (TPSA) is 280 Å². The molecule has 0 amide bonds. The van der Waals surface area contributed by atoms with Crippen molar-refractivity contribution in [2.75, 3.05) is 26.4 Å². The third kappa shape index (κ3) is 6.37. The maximum Gasteiger partial charge on any atom is 0.187 e. The summed E-state index contributed by atoms with van der Waals surface area (Å²) < 4.78 is 20.9. The lowest BCUT2D eigenvalue weighted by molar-refractivity contribution is -0.341. The van der Waals surface area contributed by atoms with Crippen molar-refractivity contribution < 1.29 is 80.2 Å². The molecule has 0 bridgehead atoms. The smallest absolute Gasteiger partial charge is 0.187 e. The normalized spacial score (nSPS) is 42.7. The summed E-state index contributed by atoms with van der Waals surface area (Å²) in [4.78, 5) is 0. The second-order valence-electron chi connectivity index (χ2n) is 8.09. The Hall–Kier alpha value is -0.640. The summed E-state index contributed by atoms with van der Waals surface area (Å²) in [5.41, 5.74) is 0. The molecule has 0 aromatic rings. The number of ether oxygens (including phenoxy) is 4. The lowest BCUT2D eigenvalue weighted by Crippen LogP contribution is -2.63. The lowest BCUT2D eigenvalue weighted by Gasteiger charge is -2.43. The van der Waals surface area contributed by atoms with E-state index in [4.69, 9.17) is 18.9 Å². The monoisotopic (exact) mass is 506 g/mol. The maximum absolute atomic E-state index is 10.7. The second kappa shape index (κ2) is 13.1. The zero-order chi connectivity index (χ0) is 25.7. The number of rotatable bonds is 11. The third-order valence-corrected chi connectivity index (χ3v) is 5.76. The summed E-state index contributed by atoms with van der Waals surface area (Å²) in [5, 5.41) is 118. The summed E-state index contributed by atoms with van der Waals surface area (Å²) in [6.45, 7) is -3.57. The van der Waals surface area contributed by atoms with Gasteiger partial charge in [0.05, 0.1) is 26.4 Å². The third-order valence-electron chi connectivity index (χ3n) is 5.76. The number of hydrogen-bond acceptors (Lipinski definition) is 16. The van der Waals surface area contributed by atoms with Crippen LogP contribution < -0.4 is 0 Å². The van der Waals surface area contributed by atoms with Crippen LogP contribution in [0.1, 0.15) is 0 Å². The molecule has 0 unspecified atom stereocenters. The number of aliphatic hydroxyl groups excluding tert-OH is 12. The van der Waals surface area contributed by atoms with E-state index in [1.54, 1.807) is 0 Å². The molecule has 0 aromatic carbocycles. The van der Waals surface area contributed by atoms with Crippen molar-refractivity contribution in [2.45, 2.75) is 85.8 Å². The minimum atomic E-state index is -2.04. The Kier molecular flexibility index (Phi) is 11.4. The van der Waals surface area contributed by atoms with Crippen LogP contribution in [0, 0.1) is 0 Å². The average Bonchev–Trinajstić information content (AvgIpc) is 2.84. The van der Waals surface area contributed by atoms with E-state index in [9.17, 15) is 61.3 Å². The first kappa shape index (κ1) is 29.6. The van der Waals surface area contributed by atoms with E-state index < -0.39 is 112 Å². The van der Waals surface area contributed by atoms with Crippen molar-refractivity contribution in [1.29, 1.82) is 0 Å². The van der Waals surface area contributed by atoms with Gasteiger partial charge in [0, 0.05) is 0 Å². The van der Waals surface area contributed by atoms with Crippen LogP contribution >= 0.6 is 0 Å². The largest absolute Gasteiger partial charge is 0.394 e. The van der Waals surface area contributed by atoms with E-state index in [2.05, 4.69) is 0 Å². The molecule has 14 atom stereocenters. The van der Waals surface area contributed by atoms with E-state index in [0.717, 1.165) is 0 Å². The highest BCUT2D eigenvalue weighted by Gasteiger charge is 2.49. The molecule has 12 N–H and O–H groups in total. The van der Waals surface area contributed by atoms with Crippen molar-refractivity contribution in [3.8, 4) is 0 Å². The molecule has 0 radical (unpaired) electrons. The molecule has 202 valence electrons. The van der Waals surface area contributed by atoms with E-state index in [1.807, 2.05) is 0 Å². The summed E-state index contributed by atoms with van der Waals surface area (Å²) in [7, 11) is 0. The Morgan fingerprint density at radius 3 is 1.41 bits per heavy atom. The molecule has 0 aliphatic carbocycles. The van der Waals surface area contributed by atoms with Crippen molar-refractivity contribution >= 4 is 0 Å². The molecule has 16 heteroatoms. The first-order valence-corrected chi connectivity index (χ1v) is 10.5. The molecule has 2 rings (SSSR count). The number of aliphatic hydroxyl groups is 12.